The molecule has 0 aromatic heterocycles. The zero-order chi connectivity index (χ0) is 13.1. The first-order chi connectivity index (χ1) is 8.60. The summed E-state index contributed by atoms with van der Waals surface area (Å²) in [7, 11) is 0. The Kier molecular flexibility index (Phi) is 4.83. The Hall–Kier alpha value is -0.370. The van der Waals surface area contributed by atoms with Crippen molar-refractivity contribution in [2.45, 2.75) is 52.9 Å². The molecule has 0 N–H and O–H groups in total. The highest BCUT2D eigenvalue weighted by molar-refractivity contribution is 5.81. The highest BCUT2D eigenvalue weighted by Crippen LogP contribution is 2.32. The normalized spacial score (nSPS) is 38.3. The molecular weight excluding hydrogens is 222 g/mol. The van der Waals surface area contributed by atoms with Gasteiger partial charge in [0, 0.05) is 32.0 Å². The van der Waals surface area contributed by atoms with E-state index in [1.807, 2.05) is 0 Å². The van der Waals surface area contributed by atoms with Crippen LogP contribution in [0.25, 0.3) is 0 Å². The molecule has 0 bridgehead atoms. The molecule has 1 saturated heterocycles. The lowest BCUT2D eigenvalue weighted by Crippen LogP contribution is -2.35. The van der Waals surface area contributed by atoms with Crippen molar-refractivity contribution >= 4 is 5.78 Å². The van der Waals surface area contributed by atoms with Crippen LogP contribution in [0.5, 0.6) is 0 Å². The van der Waals surface area contributed by atoms with Crippen LogP contribution in [0, 0.1) is 23.7 Å². The van der Waals surface area contributed by atoms with Gasteiger partial charge in [-0.25, -0.2) is 0 Å². The predicted molar refractivity (Wildman–Crippen MR) is 75.5 cm³/mol. The molecule has 1 heterocycles. The molecule has 0 amide bonds. The van der Waals surface area contributed by atoms with E-state index in [9.17, 15) is 4.79 Å². The van der Waals surface area contributed by atoms with Crippen LogP contribution in [0.4, 0.5) is 0 Å². The molecule has 2 fully saturated rings. The van der Waals surface area contributed by atoms with Crippen molar-refractivity contribution in [1.82, 2.24) is 4.90 Å². The first kappa shape index (κ1) is 14.0. The minimum absolute atomic E-state index is 0.341. The van der Waals surface area contributed by atoms with Gasteiger partial charge in [0.1, 0.15) is 5.78 Å². The molecule has 4 atom stereocenters. The van der Waals surface area contributed by atoms with Crippen LogP contribution in [0.3, 0.4) is 0 Å². The van der Waals surface area contributed by atoms with Crippen LogP contribution in [0.15, 0.2) is 0 Å². The summed E-state index contributed by atoms with van der Waals surface area (Å²) < 4.78 is 0. The Morgan fingerprint density at radius 3 is 2.50 bits per heavy atom. The van der Waals surface area contributed by atoms with E-state index < -0.39 is 0 Å². The zero-order valence-electron chi connectivity index (χ0n) is 12.3. The second-order valence-electron chi connectivity index (χ2n) is 6.77. The van der Waals surface area contributed by atoms with Crippen LogP contribution in [-0.4, -0.2) is 30.3 Å². The lowest BCUT2D eigenvalue weighted by molar-refractivity contribution is -0.126. The van der Waals surface area contributed by atoms with Gasteiger partial charge in [-0.15, -0.1) is 0 Å². The minimum atomic E-state index is 0.341. The Bertz CT molecular complexity index is 279. The van der Waals surface area contributed by atoms with Crippen LogP contribution < -0.4 is 0 Å². The smallest absolute Gasteiger partial charge is 0.137 e. The second-order valence-corrected chi connectivity index (χ2v) is 6.77. The minimum Gasteiger partial charge on any atom is -0.302 e. The summed E-state index contributed by atoms with van der Waals surface area (Å²) in [5, 5.41) is 0. The van der Waals surface area contributed by atoms with Gasteiger partial charge >= 0.3 is 0 Å². The summed E-state index contributed by atoms with van der Waals surface area (Å²) in [6.07, 6.45) is 5.73. The maximum Gasteiger partial charge on any atom is 0.137 e. The molecule has 4 unspecified atom stereocenters. The highest BCUT2D eigenvalue weighted by atomic mass is 16.1. The molecule has 2 heteroatoms. The molecule has 0 aromatic rings. The average molecular weight is 251 g/mol. The first-order valence-corrected chi connectivity index (χ1v) is 7.85. The quantitative estimate of drug-likeness (QED) is 0.763. The standard InChI is InChI=1S/C16H29NO/c1-4-5-14-6-7-16(18)15(8-14)11-17-9-12(2)13(3)10-17/h12-15H,4-11H2,1-3H3. The number of hydrogen-bond acceptors (Lipinski definition) is 2. The zero-order valence-corrected chi connectivity index (χ0v) is 12.3. The van der Waals surface area contributed by atoms with Crippen molar-refractivity contribution in [3.8, 4) is 0 Å². The fraction of sp³-hybridized carbons (Fsp3) is 0.938. The van der Waals surface area contributed by atoms with E-state index in [1.54, 1.807) is 0 Å². The van der Waals surface area contributed by atoms with Gasteiger partial charge in [-0.05, 0) is 30.6 Å². The lowest BCUT2D eigenvalue weighted by Gasteiger charge is -2.30. The maximum atomic E-state index is 12.1. The largest absolute Gasteiger partial charge is 0.302 e. The Morgan fingerprint density at radius 2 is 1.89 bits per heavy atom. The summed E-state index contributed by atoms with van der Waals surface area (Å²) >= 11 is 0. The topological polar surface area (TPSA) is 20.3 Å². The second kappa shape index (κ2) is 6.18. The van der Waals surface area contributed by atoms with Crippen molar-refractivity contribution in [1.29, 1.82) is 0 Å². The fourth-order valence-electron chi connectivity index (χ4n) is 3.76. The van der Waals surface area contributed by atoms with Gasteiger partial charge in [-0.1, -0.05) is 33.6 Å². The fourth-order valence-corrected chi connectivity index (χ4v) is 3.76. The van der Waals surface area contributed by atoms with E-state index in [1.165, 1.54) is 25.9 Å². The van der Waals surface area contributed by atoms with Crippen molar-refractivity contribution < 1.29 is 4.79 Å². The van der Waals surface area contributed by atoms with Gasteiger partial charge < -0.3 is 4.90 Å². The van der Waals surface area contributed by atoms with Crippen molar-refractivity contribution in [2.75, 3.05) is 19.6 Å². The number of carbonyl (C=O) groups excluding carboxylic acids is 1. The van der Waals surface area contributed by atoms with E-state index in [0.717, 1.165) is 43.6 Å². The van der Waals surface area contributed by atoms with Crippen LogP contribution >= 0.6 is 0 Å². The molecule has 0 spiro atoms. The summed E-state index contributed by atoms with van der Waals surface area (Å²) in [5.41, 5.74) is 0. The molecule has 2 rings (SSSR count). The Labute approximate surface area is 112 Å². The van der Waals surface area contributed by atoms with Gasteiger partial charge in [0.2, 0.25) is 0 Å². The number of likely N-dealkylation sites (tertiary alicyclic amines) is 1. The van der Waals surface area contributed by atoms with Crippen molar-refractivity contribution in [2.24, 2.45) is 23.7 Å². The summed E-state index contributed by atoms with van der Waals surface area (Å²) in [6, 6.07) is 0. The third-order valence-electron chi connectivity index (χ3n) is 5.11. The first-order valence-electron chi connectivity index (χ1n) is 7.85. The molecule has 1 saturated carbocycles. The van der Waals surface area contributed by atoms with Crippen LogP contribution in [0.1, 0.15) is 52.9 Å². The van der Waals surface area contributed by atoms with E-state index in [-0.39, 0.29) is 0 Å². The molecule has 0 aromatic carbocycles. The molecule has 18 heavy (non-hydrogen) atoms. The molecule has 1 aliphatic heterocycles. The van der Waals surface area contributed by atoms with Gasteiger partial charge in [0.15, 0.2) is 0 Å². The predicted octanol–water partition coefficient (Wildman–Crippen LogP) is 3.36. The molecule has 104 valence electrons. The highest BCUT2D eigenvalue weighted by Gasteiger charge is 2.33. The lowest BCUT2D eigenvalue weighted by atomic mass is 9.78. The number of Topliss-reactive ketones (excluding diaryl/α,β-unsaturated/α-hetero) is 1. The number of nitrogens with zero attached hydrogens (tertiary/aromatic N) is 1. The van der Waals surface area contributed by atoms with Crippen molar-refractivity contribution in [3.05, 3.63) is 0 Å². The molecular formula is C16H29NO. The Morgan fingerprint density at radius 1 is 1.22 bits per heavy atom. The monoisotopic (exact) mass is 251 g/mol. The van der Waals surface area contributed by atoms with Crippen LogP contribution in [-0.2, 0) is 4.79 Å². The van der Waals surface area contributed by atoms with E-state index in [2.05, 4.69) is 25.7 Å². The summed E-state index contributed by atoms with van der Waals surface area (Å²) in [4.78, 5) is 14.6. The van der Waals surface area contributed by atoms with Gasteiger partial charge in [-0.2, -0.15) is 0 Å². The van der Waals surface area contributed by atoms with Crippen molar-refractivity contribution in [3.63, 3.8) is 0 Å². The van der Waals surface area contributed by atoms with E-state index >= 15 is 0 Å². The molecule has 2 nitrogen and oxygen atoms in total. The van der Waals surface area contributed by atoms with E-state index in [0.29, 0.717) is 11.7 Å². The molecule has 0 radical (unpaired) electrons. The SMILES string of the molecule is CCCC1CCC(=O)C(CN2CC(C)C(C)C2)C1. The maximum absolute atomic E-state index is 12.1. The third kappa shape index (κ3) is 3.34. The van der Waals surface area contributed by atoms with Gasteiger partial charge in [0.05, 0.1) is 0 Å². The molecule has 2 aliphatic rings. The van der Waals surface area contributed by atoms with Gasteiger partial charge in [-0.3, -0.25) is 4.79 Å². The number of carbonyl (C=O) groups is 1. The average Bonchev–Trinajstić information content (AvgIpc) is 2.63. The summed E-state index contributed by atoms with van der Waals surface area (Å²) in [5.74, 6) is 3.29. The number of rotatable bonds is 4. The van der Waals surface area contributed by atoms with Crippen LogP contribution in [0.2, 0.25) is 0 Å². The third-order valence-corrected chi connectivity index (χ3v) is 5.11. The number of ketones is 1. The summed E-state index contributed by atoms with van der Waals surface area (Å²) in [6.45, 7) is 10.4. The number of hydrogen-bond donors (Lipinski definition) is 0. The van der Waals surface area contributed by atoms with E-state index in [4.69, 9.17) is 0 Å². The van der Waals surface area contributed by atoms with Gasteiger partial charge in [0.25, 0.3) is 0 Å². The molecule has 1 aliphatic carbocycles. The Balaban J connectivity index is 1.85.